The molecule has 0 aliphatic carbocycles. The number of H-pyrrole nitrogens is 1. The molecule has 6 heteroatoms. The van der Waals surface area contributed by atoms with Crippen LogP contribution >= 0.6 is 0 Å². The topological polar surface area (TPSA) is 65.6 Å². The van der Waals surface area contributed by atoms with E-state index >= 15 is 0 Å². The average molecular weight is 381 g/mol. The van der Waals surface area contributed by atoms with E-state index in [2.05, 4.69) is 40.4 Å². The standard InChI is InChI=1S/C22H27N3O3/c1-28-22(27)17-8-12-25(13-9-17)21(26)15-24-10-6-16(7-11-24)19-14-23-20-5-3-2-4-18(19)20/h2-6,14,17,23H,7-13,15H2,1H3. The van der Waals surface area contributed by atoms with E-state index in [0.717, 1.165) is 25.0 Å². The molecule has 1 aromatic carbocycles. The van der Waals surface area contributed by atoms with Crippen molar-refractivity contribution in [2.75, 3.05) is 39.8 Å². The fourth-order valence-electron chi connectivity index (χ4n) is 4.26. The molecular weight excluding hydrogens is 354 g/mol. The molecule has 6 nitrogen and oxygen atoms in total. The highest BCUT2D eigenvalue weighted by Gasteiger charge is 2.28. The molecule has 1 aromatic heterocycles. The SMILES string of the molecule is COC(=O)C1CCN(C(=O)CN2CC=C(c3c[nH]c4ccccc34)CC2)CC1. The average Bonchev–Trinajstić information content (AvgIpc) is 3.18. The molecule has 0 radical (unpaired) electrons. The maximum atomic E-state index is 12.6. The first kappa shape index (κ1) is 18.7. The molecule has 0 unspecified atom stereocenters. The Labute approximate surface area is 165 Å². The van der Waals surface area contributed by atoms with Crippen molar-refractivity contribution in [3.8, 4) is 0 Å². The Kier molecular flexibility index (Phi) is 5.48. The monoisotopic (exact) mass is 381 g/mol. The number of ether oxygens (including phenoxy) is 1. The molecule has 0 atom stereocenters. The van der Waals surface area contributed by atoms with Crippen molar-refractivity contribution in [2.24, 2.45) is 5.92 Å². The van der Waals surface area contributed by atoms with E-state index in [1.807, 2.05) is 11.0 Å². The molecule has 2 aromatic rings. The van der Waals surface area contributed by atoms with Gasteiger partial charge in [-0.2, -0.15) is 0 Å². The molecule has 0 bridgehead atoms. The number of hydrogen-bond acceptors (Lipinski definition) is 4. The minimum absolute atomic E-state index is 0.0642. The number of nitrogens with one attached hydrogen (secondary N) is 1. The quantitative estimate of drug-likeness (QED) is 0.827. The molecule has 2 aliphatic rings. The maximum absolute atomic E-state index is 12.6. The Hall–Kier alpha value is -2.60. The first-order valence-electron chi connectivity index (χ1n) is 9.99. The lowest BCUT2D eigenvalue weighted by Crippen LogP contribution is -2.46. The number of rotatable bonds is 4. The summed E-state index contributed by atoms with van der Waals surface area (Å²) in [6.45, 7) is 3.40. The minimum atomic E-state index is -0.155. The van der Waals surface area contributed by atoms with Crippen LogP contribution in [0.15, 0.2) is 36.5 Å². The van der Waals surface area contributed by atoms with Gasteiger partial charge in [-0.15, -0.1) is 0 Å². The van der Waals surface area contributed by atoms with E-state index < -0.39 is 0 Å². The largest absolute Gasteiger partial charge is 0.469 e. The molecule has 1 fully saturated rings. The molecule has 1 N–H and O–H groups in total. The van der Waals surface area contributed by atoms with Crippen LogP contribution in [0.25, 0.3) is 16.5 Å². The summed E-state index contributed by atoms with van der Waals surface area (Å²) in [5, 5.41) is 1.26. The number of benzene rings is 1. The van der Waals surface area contributed by atoms with Crippen molar-refractivity contribution in [2.45, 2.75) is 19.3 Å². The molecule has 4 rings (SSSR count). The van der Waals surface area contributed by atoms with E-state index in [0.29, 0.717) is 32.5 Å². The highest BCUT2D eigenvalue weighted by molar-refractivity contribution is 5.92. The number of para-hydroxylation sites is 1. The summed E-state index contributed by atoms with van der Waals surface area (Å²) in [4.78, 5) is 31.7. The van der Waals surface area contributed by atoms with Crippen LogP contribution in [0.4, 0.5) is 0 Å². The Morgan fingerprint density at radius 2 is 1.96 bits per heavy atom. The number of carbonyl (C=O) groups is 2. The van der Waals surface area contributed by atoms with Crippen molar-refractivity contribution in [3.05, 3.63) is 42.1 Å². The highest BCUT2D eigenvalue weighted by Crippen LogP contribution is 2.29. The molecule has 0 saturated carbocycles. The second-order valence-corrected chi connectivity index (χ2v) is 7.64. The van der Waals surface area contributed by atoms with Gasteiger partial charge in [-0.25, -0.2) is 0 Å². The second kappa shape index (κ2) is 8.19. The second-order valence-electron chi connectivity index (χ2n) is 7.64. The van der Waals surface area contributed by atoms with Gasteiger partial charge in [0.15, 0.2) is 0 Å². The van der Waals surface area contributed by atoms with Gasteiger partial charge in [0.05, 0.1) is 19.6 Å². The third-order valence-electron chi connectivity index (χ3n) is 5.97. The molecule has 28 heavy (non-hydrogen) atoms. The molecule has 1 amide bonds. The van der Waals surface area contributed by atoms with E-state index in [-0.39, 0.29) is 17.8 Å². The van der Waals surface area contributed by atoms with Crippen molar-refractivity contribution < 1.29 is 14.3 Å². The summed E-state index contributed by atoms with van der Waals surface area (Å²) in [6.07, 6.45) is 6.67. The van der Waals surface area contributed by atoms with E-state index in [1.54, 1.807) is 0 Å². The number of likely N-dealkylation sites (tertiary alicyclic amines) is 1. The molecular formula is C22H27N3O3. The van der Waals surface area contributed by atoms with Gasteiger partial charge >= 0.3 is 5.97 Å². The van der Waals surface area contributed by atoms with Crippen LogP contribution in [0.3, 0.4) is 0 Å². The Morgan fingerprint density at radius 3 is 2.68 bits per heavy atom. The molecule has 148 valence electrons. The van der Waals surface area contributed by atoms with Crippen LogP contribution in [0.5, 0.6) is 0 Å². The Balaban J connectivity index is 1.32. The number of methoxy groups -OCH3 is 1. The number of aromatic nitrogens is 1. The van der Waals surface area contributed by atoms with E-state index in [9.17, 15) is 9.59 Å². The normalized spacial score (nSPS) is 18.9. The number of amides is 1. The zero-order chi connectivity index (χ0) is 19.5. The summed E-state index contributed by atoms with van der Waals surface area (Å²) in [5.41, 5.74) is 3.78. The Morgan fingerprint density at radius 1 is 1.18 bits per heavy atom. The lowest BCUT2D eigenvalue weighted by Gasteiger charge is -2.33. The summed E-state index contributed by atoms with van der Waals surface area (Å²) < 4.78 is 4.82. The number of esters is 1. The predicted octanol–water partition coefficient (Wildman–Crippen LogP) is 2.67. The smallest absolute Gasteiger partial charge is 0.308 e. The highest BCUT2D eigenvalue weighted by atomic mass is 16.5. The first-order valence-corrected chi connectivity index (χ1v) is 9.99. The molecule has 0 spiro atoms. The molecule has 1 saturated heterocycles. The summed E-state index contributed by atoms with van der Waals surface area (Å²) in [6, 6.07) is 8.35. The fourth-order valence-corrected chi connectivity index (χ4v) is 4.26. The van der Waals surface area contributed by atoms with Crippen LogP contribution in [-0.2, 0) is 14.3 Å². The van der Waals surface area contributed by atoms with Gasteiger partial charge in [-0.3, -0.25) is 14.5 Å². The van der Waals surface area contributed by atoms with Gasteiger partial charge in [-0.1, -0.05) is 24.3 Å². The van der Waals surface area contributed by atoms with Gasteiger partial charge < -0.3 is 14.6 Å². The van der Waals surface area contributed by atoms with Crippen molar-refractivity contribution in [1.82, 2.24) is 14.8 Å². The van der Waals surface area contributed by atoms with Gasteiger partial charge in [0.1, 0.15) is 0 Å². The summed E-state index contributed by atoms with van der Waals surface area (Å²) >= 11 is 0. The van der Waals surface area contributed by atoms with Gasteiger partial charge in [-0.05, 0) is 30.9 Å². The molecule has 2 aliphatic heterocycles. The summed E-state index contributed by atoms with van der Waals surface area (Å²) in [5.74, 6) is -0.0592. The molecule has 3 heterocycles. The zero-order valence-corrected chi connectivity index (χ0v) is 16.3. The number of nitrogens with zero attached hydrogens (tertiary/aromatic N) is 2. The number of hydrogen-bond donors (Lipinski definition) is 1. The van der Waals surface area contributed by atoms with Crippen LogP contribution in [0.2, 0.25) is 0 Å². The third kappa shape index (κ3) is 3.83. The van der Waals surface area contributed by atoms with Gasteiger partial charge in [0.25, 0.3) is 0 Å². The van der Waals surface area contributed by atoms with Crippen LogP contribution < -0.4 is 0 Å². The van der Waals surface area contributed by atoms with Crippen LogP contribution in [0.1, 0.15) is 24.8 Å². The van der Waals surface area contributed by atoms with Crippen molar-refractivity contribution in [3.63, 3.8) is 0 Å². The number of carbonyl (C=O) groups excluding carboxylic acids is 2. The number of piperidine rings is 1. The van der Waals surface area contributed by atoms with E-state index in [4.69, 9.17) is 4.74 Å². The van der Waals surface area contributed by atoms with E-state index in [1.165, 1.54) is 23.6 Å². The third-order valence-corrected chi connectivity index (χ3v) is 5.97. The van der Waals surface area contributed by atoms with Gasteiger partial charge in [0.2, 0.25) is 5.91 Å². The van der Waals surface area contributed by atoms with Crippen molar-refractivity contribution >= 4 is 28.4 Å². The number of aromatic amines is 1. The van der Waals surface area contributed by atoms with Crippen molar-refractivity contribution in [1.29, 1.82) is 0 Å². The first-order chi connectivity index (χ1) is 13.7. The lowest BCUT2D eigenvalue weighted by molar-refractivity contribution is -0.149. The fraction of sp³-hybridized carbons (Fsp3) is 0.455. The predicted molar refractivity (Wildman–Crippen MR) is 109 cm³/mol. The number of fused-ring (bicyclic) bond motifs is 1. The maximum Gasteiger partial charge on any atom is 0.308 e. The Bertz CT molecular complexity index is 893. The summed E-state index contributed by atoms with van der Waals surface area (Å²) in [7, 11) is 1.42. The zero-order valence-electron chi connectivity index (χ0n) is 16.3. The minimum Gasteiger partial charge on any atom is -0.469 e. The van der Waals surface area contributed by atoms with Crippen LogP contribution in [-0.4, -0.2) is 66.5 Å². The van der Waals surface area contributed by atoms with Gasteiger partial charge in [0, 0.05) is 48.8 Å². The lowest BCUT2D eigenvalue weighted by atomic mass is 9.97. The van der Waals surface area contributed by atoms with Crippen LogP contribution in [0, 0.1) is 5.92 Å².